The number of hydrogen-bond donors (Lipinski definition) is 2. The summed E-state index contributed by atoms with van der Waals surface area (Å²) in [7, 11) is 0. The number of amides is 1. The maximum Gasteiger partial charge on any atom is 0.244 e. The highest BCUT2D eigenvalue weighted by Crippen LogP contribution is 2.18. The quantitative estimate of drug-likeness (QED) is 0.787. The molecule has 0 saturated carbocycles. The van der Waals surface area contributed by atoms with Gasteiger partial charge in [-0.25, -0.2) is 0 Å². The number of benzene rings is 1. The van der Waals surface area contributed by atoms with Gasteiger partial charge in [0.05, 0.1) is 0 Å². The van der Waals surface area contributed by atoms with E-state index >= 15 is 0 Å². The number of nitrogens with one attached hydrogen (secondary N) is 1. The van der Waals surface area contributed by atoms with Gasteiger partial charge in [0.25, 0.3) is 0 Å². The molecule has 3 N–H and O–H groups in total. The van der Waals surface area contributed by atoms with Crippen molar-refractivity contribution in [2.75, 3.05) is 24.1 Å². The second-order valence-electron chi connectivity index (χ2n) is 4.45. The Hall–Kier alpha value is -1.71. The number of rotatable bonds is 5. The van der Waals surface area contributed by atoms with Crippen LogP contribution in [-0.4, -0.2) is 29.9 Å². The van der Waals surface area contributed by atoms with E-state index in [4.69, 9.17) is 5.73 Å². The van der Waals surface area contributed by atoms with Gasteiger partial charge in [-0.15, -0.1) is 0 Å². The fraction of sp³-hybridized carbons (Fsp3) is 0.500. The molecule has 0 aliphatic rings. The first-order valence-electron chi connectivity index (χ1n) is 6.41. The van der Waals surface area contributed by atoms with Crippen LogP contribution in [0, 0.1) is 6.92 Å². The lowest BCUT2D eigenvalue weighted by Gasteiger charge is -2.24. The van der Waals surface area contributed by atoms with Crippen LogP contribution in [0.2, 0.25) is 0 Å². The van der Waals surface area contributed by atoms with Gasteiger partial charge in [0.2, 0.25) is 5.91 Å². The number of likely N-dealkylation sites (N-methyl/N-ethyl adjacent to an activating group) is 1. The Bertz CT molecular complexity index is 414. The third kappa shape index (κ3) is 3.39. The molecule has 1 unspecified atom stereocenters. The van der Waals surface area contributed by atoms with Crippen LogP contribution < -0.4 is 11.1 Å². The lowest BCUT2D eigenvalue weighted by molar-refractivity contribution is -0.131. The summed E-state index contributed by atoms with van der Waals surface area (Å²) in [6, 6.07) is 5.42. The topological polar surface area (TPSA) is 58.4 Å². The summed E-state index contributed by atoms with van der Waals surface area (Å²) in [6.45, 7) is 9.32. The van der Waals surface area contributed by atoms with E-state index < -0.39 is 0 Å². The fourth-order valence-corrected chi connectivity index (χ4v) is 1.95. The lowest BCUT2D eigenvalue weighted by atomic mass is 10.1. The van der Waals surface area contributed by atoms with Crippen molar-refractivity contribution in [1.82, 2.24) is 4.90 Å². The zero-order valence-electron chi connectivity index (χ0n) is 11.7. The van der Waals surface area contributed by atoms with Gasteiger partial charge in [-0.3, -0.25) is 4.79 Å². The van der Waals surface area contributed by atoms with Gasteiger partial charge in [-0.05, 0) is 51.5 Å². The predicted octanol–water partition coefficient (Wildman–Crippen LogP) is 2.25. The Morgan fingerprint density at radius 3 is 2.50 bits per heavy atom. The van der Waals surface area contributed by atoms with Gasteiger partial charge < -0.3 is 16.0 Å². The third-order valence-electron chi connectivity index (χ3n) is 3.07. The highest BCUT2D eigenvalue weighted by atomic mass is 16.2. The summed E-state index contributed by atoms with van der Waals surface area (Å²) in [5.41, 5.74) is 8.45. The van der Waals surface area contributed by atoms with Gasteiger partial charge >= 0.3 is 0 Å². The molecular weight excluding hydrogens is 226 g/mol. The molecule has 1 aromatic carbocycles. The van der Waals surface area contributed by atoms with E-state index in [9.17, 15) is 4.79 Å². The van der Waals surface area contributed by atoms with Gasteiger partial charge in [-0.1, -0.05) is 0 Å². The standard InChI is InChI=1S/C14H23N3O/c1-5-17(6-2)14(18)11(4)16-13-8-7-12(15)9-10(13)3/h7-9,11,16H,5-6,15H2,1-4H3. The zero-order valence-corrected chi connectivity index (χ0v) is 11.7. The summed E-state index contributed by atoms with van der Waals surface area (Å²) < 4.78 is 0. The van der Waals surface area contributed by atoms with Crippen molar-refractivity contribution in [3.8, 4) is 0 Å². The number of nitrogens with two attached hydrogens (primary N) is 1. The molecule has 0 radical (unpaired) electrons. The van der Waals surface area contributed by atoms with E-state index in [-0.39, 0.29) is 11.9 Å². The van der Waals surface area contributed by atoms with Gasteiger partial charge in [-0.2, -0.15) is 0 Å². The molecule has 0 spiro atoms. The monoisotopic (exact) mass is 249 g/mol. The van der Waals surface area contributed by atoms with Gasteiger partial charge in [0.15, 0.2) is 0 Å². The molecule has 100 valence electrons. The Morgan fingerprint density at radius 2 is 2.00 bits per heavy atom. The molecule has 1 amide bonds. The first kappa shape index (κ1) is 14.4. The Balaban J connectivity index is 2.75. The van der Waals surface area contributed by atoms with Crippen LogP contribution in [0.3, 0.4) is 0 Å². The van der Waals surface area contributed by atoms with Gasteiger partial charge in [0.1, 0.15) is 6.04 Å². The van der Waals surface area contributed by atoms with E-state index in [1.807, 2.05) is 50.8 Å². The second-order valence-corrected chi connectivity index (χ2v) is 4.45. The molecule has 0 aliphatic carbocycles. The molecule has 18 heavy (non-hydrogen) atoms. The molecule has 0 aromatic heterocycles. The van der Waals surface area contributed by atoms with E-state index in [1.165, 1.54) is 0 Å². The van der Waals surface area contributed by atoms with E-state index in [1.54, 1.807) is 0 Å². The summed E-state index contributed by atoms with van der Waals surface area (Å²) in [6.07, 6.45) is 0. The smallest absolute Gasteiger partial charge is 0.244 e. The number of aryl methyl sites for hydroxylation is 1. The zero-order chi connectivity index (χ0) is 13.7. The van der Waals surface area contributed by atoms with Crippen molar-refractivity contribution < 1.29 is 4.79 Å². The lowest BCUT2D eigenvalue weighted by Crippen LogP contribution is -2.41. The summed E-state index contributed by atoms with van der Waals surface area (Å²) in [5, 5.41) is 3.24. The molecule has 0 aliphatic heterocycles. The van der Waals surface area contributed by atoms with Crippen molar-refractivity contribution >= 4 is 17.3 Å². The Kier molecular flexibility index (Phi) is 5.01. The van der Waals surface area contributed by atoms with E-state index in [0.29, 0.717) is 0 Å². The summed E-state index contributed by atoms with van der Waals surface area (Å²) in [5.74, 6) is 0.122. The second kappa shape index (κ2) is 6.28. The van der Waals surface area contributed by atoms with Gasteiger partial charge in [0, 0.05) is 24.5 Å². The minimum absolute atomic E-state index is 0.122. The highest BCUT2D eigenvalue weighted by Gasteiger charge is 2.18. The maximum atomic E-state index is 12.1. The number of hydrogen-bond acceptors (Lipinski definition) is 3. The summed E-state index contributed by atoms with van der Waals surface area (Å²) >= 11 is 0. The minimum atomic E-state index is -0.229. The number of carbonyl (C=O) groups is 1. The number of anilines is 2. The number of nitrogen functional groups attached to an aromatic ring is 1. The maximum absolute atomic E-state index is 12.1. The largest absolute Gasteiger partial charge is 0.399 e. The number of nitrogens with zero attached hydrogens (tertiary/aromatic N) is 1. The molecule has 1 aromatic rings. The van der Waals surface area contributed by atoms with Crippen molar-refractivity contribution in [2.24, 2.45) is 0 Å². The molecule has 0 saturated heterocycles. The normalized spacial score (nSPS) is 12.0. The van der Waals surface area contributed by atoms with Crippen LogP contribution >= 0.6 is 0 Å². The van der Waals surface area contributed by atoms with Crippen LogP contribution in [0.4, 0.5) is 11.4 Å². The molecule has 1 atom stereocenters. The highest BCUT2D eigenvalue weighted by molar-refractivity contribution is 5.84. The molecule has 4 heteroatoms. The van der Waals surface area contributed by atoms with E-state index in [0.717, 1.165) is 30.0 Å². The molecule has 0 bridgehead atoms. The molecule has 0 fully saturated rings. The van der Waals surface area contributed by atoms with Crippen LogP contribution in [0.25, 0.3) is 0 Å². The average molecular weight is 249 g/mol. The first-order chi connectivity index (χ1) is 8.49. The van der Waals surface area contributed by atoms with Crippen molar-refractivity contribution in [3.63, 3.8) is 0 Å². The first-order valence-corrected chi connectivity index (χ1v) is 6.41. The van der Waals surface area contributed by atoms with Crippen molar-refractivity contribution in [1.29, 1.82) is 0 Å². The van der Waals surface area contributed by atoms with Crippen LogP contribution in [-0.2, 0) is 4.79 Å². The summed E-state index contributed by atoms with van der Waals surface area (Å²) in [4.78, 5) is 14.0. The van der Waals surface area contributed by atoms with Crippen molar-refractivity contribution in [3.05, 3.63) is 23.8 Å². The Morgan fingerprint density at radius 1 is 1.39 bits per heavy atom. The molecule has 0 heterocycles. The Labute approximate surface area is 109 Å². The third-order valence-corrected chi connectivity index (χ3v) is 3.07. The average Bonchev–Trinajstić information content (AvgIpc) is 2.34. The SMILES string of the molecule is CCN(CC)C(=O)C(C)Nc1ccc(N)cc1C. The fourth-order valence-electron chi connectivity index (χ4n) is 1.95. The molecular formula is C14H23N3O. The molecule has 1 rings (SSSR count). The van der Waals surface area contributed by atoms with E-state index in [2.05, 4.69) is 5.32 Å². The minimum Gasteiger partial charge on any atom is -0.399 e. The predicted molar refractivity (Wildman–Crippen MR) is 76.6 cm³/mol. The number of carbonyl (C=O) groups excluding carboxylic acids is 1. The van der Waals surface area contributed by atoms with Crippen LogP contribution in [0.1, 0.15) is 26.3 Å². The van der Waals surface area contributed by atoms with Crippen molar-refractivity contribution in [2.45, 2.75) is 33.7 Å². The van der Waals surface area contributed by atoms with Crippen LogP contribution in [0.15, 0.2) is 18.2 Å². The molecule has 4 nitrogen and oxygen atoms in total. The van der Waals surface area contributed by atoms with Crippen LogP contribution in [0.5, 0.6) is 0 Å².